The highest BCUT2D eigenvalue weighted by Gasteiger charge is 2.78. The van der Waals surface area contributed by atoms with Crippen molar-refractivity contribution in [3.8, 4) is 5.75 Å². The van der Waals surface area contributed by atoms with E-state index in [0.717, 1.165) is 5.52 Å². The highest BCUT2D eigenvalue weighted by Crippen LogP contribution is 2.63. The molecule has 3 amide bonds. The van der Waals surface area contributed by atoms with Gasteiger partial charge < -0.3 is 29.3 Å². The first-order valence-electron chi connectivity index (χ1n) is 16.7. The number of unbranched alkanes of at least 4 members (excludes halogenated alkanes) is 1. The summed E-state index contributed by atoms with van der Waals surface area (Å²) in [6.07, 6.45) is 5.23. The number of aliphatic hydroxyl groups excluding tert-OH is 1. The van der Waals surface area contributed by atoms with E-state index in [1.807, 2.05) is 62.4 Å². The van der Waals surface area contributed by atoms with Gasteiger partial charge in [0.15, 0.2) is 0 Å². The van der Waals surface area contributed by atoms with Gasteiger partial charge in [0, 0.05) is 31.9 Å². The Morgan fingerprint density at radius 3 is 2.54 bits per heavy atom. The van der Waals surface area contributed by atoms with E-state index in [1.165, 1.54) is 0 Å². The van der Waals surface area contributed by atoms with Gasteiger partial charge in [0.1, 0.15) is 29.6 Å². The molecule has 6 rings (SSSR count). The first-order valence-corrected chi connectivity index (χ1v) is 16.7. The highest BCUT2D eigenvalue weighted by atomic mass is 16.5. The first-order chi connectivity index (χ1) is 23.2. The molecule has 2 unspecified atom stereocenters. The lowest BCUT2D eigenvalue weighted by atomic mass is 9.66. The minimum absolute atomic E-state index is 0.0363. The topological polar surface area (TPSA) is 130 Å². The Hall–Kier alpha value is -4.55. The Labute approximate surface area is 280 Å². The Morgan fingerprint density at radius 2 is 1.83 bits per heavy atom. The lowest BCUT2D eigenvalue weighted by Gasteiger charge is -2.37. The van der Waals surface area contributed by atoms with Crippen LogP contribution in [-0.4, -0.2) is 97.7 Å². The average Bonchev–Trinajstić information content (AvgIpc) is 3.79. The molecule has 48 heavy (non-hydrogen) atoms. The number of likely N-dealkylation sites (tertiary alicyclic amines) is 1. The zero-order chi connectivity index (χ0) is 34.1. The van der Waals surface area contributed by atoms with Gasteiger partial charge in [-0.05, 0) is 75.9 Å². The van der Waals surface area contributed by atoms with E-state index in [4.69, 9.17) is 9.47 Å². The van der Waals surface area contributed by atoms with Crippen molar-refractivity contribution in [2.24, 2.45) is 11.8 Å². The molecule has 0 saturated carbocycles. The number of para-hydroxylation sites is 1. The number of anilines is 1. The number of aromatic nitrogens is 3. The molecule has 3 aromatic rings. The van der Waals surface area contributed by atoms with Crippen molar-refractivity contribution < 1.29 is 29.0 Å². The summed E-state index contributed by atoms with van der Waals surface area (Å²) in [5.74, 6) is -1.82. The standard InChI is InChI=1S/C36H44N6O6/c1-5-20-39(24-42-28-13-9-8-12-27(28)37-38-42)34(46)31-36-19-18-35(4,48-36)29(30(36)33(45)41(31)22-10-11-23-43)32(44)40(21-6-2)25-14-16-26(17-15-25)47-7-3/h5-6,8-9,12-17,29-31,43H,1-2,7,10-11,18-24H2,3-4H3/t29-,30+,31?,35+,36?/m1/s1. The van der Waals surface area contributed by atoms with Crippen molar-refractivity contribution in [1.29, 1.82) is 0 Å². The quantitative estimate of drug-likeness (QED) is 0.194. The number of rotatable bonds is 15. The second-order valence-electron chi connectivity index (χ2n) is 12.9. The fourth-order valence-electron chi connectivity index (χ4n) is 7.95. The van der Waals surface area contributed by atoms with Crippen molar-refractivity contribution in [3.05, 3.63) is 73.8 Å². The molecule has 254 valence electrons. The zero-order valence-electron chi connectivity index (χ0n) is 27.7. The third-order valence-electron chi connectivity index (χ3n) is 10.0. The van der Waals surface area contributed by atoms with Crippen LogP contribution in [0.5, 0.6) is 5.75 Å². The van der Waals surface area contributed by atoms with Crippen LogP contribution in [0.1, 0.15) is 39.5 Å². The van der Waals surface area contributed by atoms with Crippen LogP contribution in [0, 0.1) is 11.8 Å². The number of amides is 3. The molecule has 1 N–H and O–H groups in total. The fourth-order valence-corrected chi connectivity index (χ4v) is 7.95. The van der Waals surface area contributed by atoms with Gasteiger partial charge in [-0.15, -0.1) is 18.3 Å². The van der Waals surface area contributed by atoms with Gasteiger partial charge in [-0.3, -0.25) is 14.4 Å². The molecule has 0 aliphatic carbocycles. The Kier molecular flexibility index (Phi) is 9.39. The van der Waals surface area contributed by atoms with Crippen molar-refractivity contribution >= 4 is 34.4 Å². The smallest absolute Gasteiger partial charge is 0.250 e. The molecular weight excluding hydrogens is 612 g/mol. The third kappa shape index (κ3) is 5.56. The minimum Gasteiger partial charge on any atom is -0.494 e. The van der Waals surface area contributed by atoms with Crippen molar-refractivity contribution in [3.63, 3.8) is 0 Å². The third-order valence-corrected chi connectivity index (χ3v) is 10.0. The van der Waals surface area contributed by atoms with E-state index in [1.54, 1.807) is 31.5 Å². The molecule has 3 aliphatic rings. The van der Waals surface area contributed by atoms with Crippen LogP contribution in [0.15, 0.2) is 73.8 Å². The maximum atomic E-state index is 14.8. The molecule has 4 heterocycles. The predicted octanol–water partition coefficient (Wildman–Crippen LogP) is 3.56. The van der Waals surface area contributed by atoms with Gasteiger partial charge in [0.25, 0.3) is 0 Å². The number of aliphatic hydroxyl groups is 1. The first kappa shape index (κ1) is 33.4. The van der Waals surface area contributed by atoms with Crippen LogP contribution in [-0.2, 0) is 25.8 Å². The molecule has 3 saturated heterocycles. The second-order valence-corrected chi connectivity index (χ2v) is 12.9. The van der Waals surface area contributed by atoms with E-state index in [9.17, 15) is 19.5 Å². The van der Waals surface area contributed by atoms with E-state index >= 15 is 0 Å². The summed E-state index contributed by atoms with van der Waals surface area (Å²) in [7, 11) is 0. The largest absolute Gasteiger partial charge is 0.494 e. The fraction of sp³-hybridized carbons (Fsp3) is 0.472. The van der Waals surface area contributed by atoms with Gasteiger partial charge in [0.05, 0.1) is 29.6 Å². The SMILES string of the molecule is C=CCN(Cn1nnc2ccccc21)C(=O)C1N(CCCCO)C(=O)[C@@H]2[C@H](C(=O)N(CC=C)c3ccc(OCC)cc3)[C@]3(C)CCC12O3. The summed E-state index contributed by atoms with van der Waals surface area (Å²) >= 11 is 0. The maximum Gasteiger partial charge on any atom is 0.250 e. The van der Waals surface area contributed by atoms with E-state index < -0.39 is 29.1 Å². The molecule has 3 aliphatic heterocycles. The van der Waals surface area contributed by atoms with Crippen LogP contribution in [0.4, 0.5) is 5.69 Å². The second kappa shape index (κ2) is 13.5. The number of hydrogen-bond acceptors (Lipinski definition) is 8. The lowest BCUT2D eigenvalue weighted by molar-refractivity contribution is -0.152. The number of fused-ring (bicyclic) bond motifs is 2. The van der Waals surface area contributed by atoms with Gasteiger partial charge >= 0.3 is 0 Å². The van der Waals surface area contributed by atoms with E-state index in [-0.39, 0.29) is 50.6 Å². The molecule has 0 radical (unpaired) electrons. The van der Waals surface area contributed by atoms with Gasteiger partial charge in [-0.2, -0.15) is 0 Å². The molecule has 3 fully saturated rings. The van der Waals surface area contributed by atoms with Gasteiger partial charge in [-0.1, -0.05) is 29.5 Å². The van der Waals surface area contributed by atoms with Gasteiger partial charge in [-0.25, -0.2) is 4.68 Å². The van der Waals surface area contributed by atoms with Crippen LogP contribution < -0.4 is 9.64 Å². The molecule has 12 nitrogen and oxygen atoms in total. The summed E-state index contributed by atoms with van der Waals surface area (Å²) in [5.41, 5.74) is -0.0365. The number of carbonyl (C=O) groups is 3. The summed E-state index contributed by atoms with van der Waals surface area (Å²) < 4.78 is 14.1. The maximum absolute atomic E-state index is 14.8. The Balaban J connectivity index is 1.37. The Bertz CT molecular complexity index is 1690. The zero-order valence-corrected chi connectivity index (χ0v) is 27.7. The summed E-state index contributed by atoms with van der Waals surface area (Å²) in [6, 6.07) is 13.8. The molecule has 1 aromatic heterocycles. The highest BCUT2D eigenvalue weighted by molar-refractivity contribution is 6.03. The lowest BCUT2D eigenvalue weighted by Crippen LogP contribution is -2.56. The number of carbonyl (C=O) groups excluding carboxylic acids is 3. The number of nitrogens with zero attached hydrogens (tertiary/aromatic N) is 6. The monoisotopic (exact) mass is 656 g/mol. The summed E-state index contributed by atoms with van der Waals surface area (Å²) in [4.78, 5) is 48.9. The molecular formula is C36H44N6O6. The minimum atomic E-state index is -1.20. The van der Waals surface area contributed by atoms with Crippen LogP contribution in [0.2, 0.25) is 0 Å². The van der Waals surface area contributed by atoms with E-state index in [0.29, 0.717) is 49.2 Å². The molecule has 5 atom stereocenters. The normalized spacial score (nSPS) is 25.7. The van der Waals surface area contributed by atoms with Gasteiger partial charge in [0.2, 0.25) is 17.7 Å². The number of benzene rings is 2. The molecule has 2 aromatic carbocycles. The predicted molar refractivity (Wildman–Crippen MR) is 180 cm³/mol. The molecule has 12 heteroatoms. The van der Waals surface area contributed by atoms with Crippen LogP contribution in [0.25, 0.3) is 11.0 Å². The number of ether oxygens (including phenoxy) is 2. The molecule has 2 bridgehead atoms. The number of hydrogen-bond donors (Lipinski definition) is 1. The van der Waals surface area contributed by atoms with Crippen LogP contribution >= 0.6 is 0 Å². The summed E-state index contributed by atoms with van der Waals surface area (Å²) in [5, 5.41) is 18.1. The van der Waals surface area contributed by atoms with Crippen molar-refractivity contribution in [2.45, 2.75) is 63.4 Å². The molecule has 1 spiro atoms. The van der Waals surface area contributed by atoms with Crippen molar-refractivity contribution in [1.82, 2.24) is 24.8 Å². The van der Waals surface area contributed by atoms with Crippen molar-refractivity contribution in [2.75, 3.05) is 37.7 Å². The average molecular weight is 657 g/mol. The van der Waals surface area contributed by atoms with E-state index in [2.05, 4.69) is 23.5 Å². The van der Waals surface area contributed by atoms with Crippen LogP contribution in [0.3, 0.4) is 0 Å². The Morgan fingerprint density at radius 1 is 1.08 bits per heavy atom. The summed E-state index contributed by atoms with van der Waals surface area (Å²) in [6.45, 7) is 12.8.